The van der Waals surface area contributed by atoms with Crippen molar-refractivity contribution in [1.82, 2.24) is 9.88 Å². The predicted molar refractivity (Wildman–Crippen MR) is 110 cm³/mol. The van der Waals surface area contributed by atoms with Crippen molar-refractivity contribution in [1.29, 1.82) is 5.26 Å². The van der Waals surface area contributed by atoms with Gasteiger partial charge < -0.3 is 20.4 Å². The number of nitrogens with zero attached hydrogens (tertiary/aromatic N) is 2. The van der Waals surface area contributed by atoms with E-state index in [4.69, 9.17) is 10.5 Å². The van der Waals surface area contributed by atoms with Crippen molar-refractivity contribution in [3.8, 4) is 17.5 Å². The fourth-order valence-electron chi connectivity index (χ4n) is 3.16. The zero-order valence-corrected chi connectivity index (χ0v) is 16.3. The molecule has 0 aliphatic heterocycles. The molecule has 6 nitrogen and oxygen atoms in total. The molecule has 0 bridgehead atoms. The Hall–Kier alpha value is -3.01. The normalized spacial score (nSPS) is 14.0. The maximum atomic E-state index is 11.9. The van der Waals surface area contributed by atoms with Crippen molar-refractivity contribution >= 4 is 29.2 Å². The first-order valence-electron chi connectivity index (χ1n) is 8.80. The first-order valence-corrected chi connectivity index (χ1v) is 8.80. The molecule has 1 aliphatic carbocycles. The number of nitrogens with two attached hydrogens (primary N) is 1. The largest absolute Gasteiger partial charge is 0.497 e. The monoisotopic (exact) mass is 396 g/mol. The first kappa shape index (κ1) is 19.7. The number of nitrogens with one attached hydrogen (secondary N) is 1. The van der Waals surface area contributed by atoms with E-state index >= 15 is 0 Å². The Morgan fingerprint density at radius 1 is 1.25 bits per heavy atom. The number of carbonyl (C=O) groups is 1. The summed E-state index contributed by atoms with van der Waals surface area (Å²) in [4.78, 5) is 11.9. The minimum Gasteiger partial charge on any atom is -0.497 e. The van der Waals surface area contributed by atoms with Gasteiger partial charge in [-0.05, 0) is 54.8 Å². The van der Waals surface area contributed by atoms with Gasteiger partial charge in [-0.2, -0.15) is 5.26 Å². The van der Waals surface area contributed by atoms with E-state index in [1.165, 1.54) is 0 Å². The van der Waals surface area contributed by atoms with Crippen LogP contribution in [0.25, 0.3) is 16.6 Å². The molecule has 1 aromatic heterocycles. The number of amides is 1. The zero-order valence-electron chi connectivity index (χ0n) is 15.4. The SMILES string of the molecule is COc1ccc2c(c1)cc(C#N)n2-c1ccc(CNC(=O)C2(N)CC2)cc1.Cl. The van der Waals surface area contributed by atoms with Gasteiger partial charge >= 0.3 is 0 Å². The third-order valence-electron chi connectivity index (χ3n) is 5.01. The van der Waals surface area contributed by atoms with Crippen molar-refractivity contribution in [3.05, 3.63) is 59.8 Å². The smallest absolute Gasteiger partial charge is 0.240 e. The molecule has 0 saturated heterocycles. The molecular weight excluding hydrogens is 376 g/mol. The minimum absolute atomic E-state index is 0. The highest BCUT2D eigenvalue weighted by Crippen LogP contribution is 2.32. The van der Waals surface area contributed by atoms with Crippen LogP contribution in [0.3, 0.4) is 0 Å². The molecule has 1 amide bonds. The highest BCUT2D eigenvalue weighted by Gasteiger charge is 2.45. The number of halogens is 1. The van der Waals surface area contributed by atoms with Gasteiger partial charge in [0.2, 0.25) is 5.91 Å². The maximum absolute atomic E-state index is 11.9. The predicted octanol–water partition coefficient (Wildman–Crippen LogP) is 3.04. The van der Waals surface area contributed by atoms with Gasteiger partial charge in [0, 0.05) is 17.6 Å². The Bertz CT molecular complexity index is 1060. The van der Waals surface area contributed by atoms with Crippen molar-refractivity contribution in [2.45, 2.75) is 24.9 Å². The molecule has 1 fully saturated rings. The van der Waals surface area contributed by atoms with Crippen molar-refractivity contribution in [2.24, 2.45) is 5.73 Å². The summed E-state index contributed by atoms with van der Waals surface area (Å²) in [5, 5.41) is 13.4. The topological polar surface area (TPSA) is 93.1 Å². The van der Waals surface area contributed by atoms with Gasteiger partial charge in [-0.3, -0.25) is 4.79 Å². The van der Waals surface area contributed by atoms with Crippen LogP contribution in [0.2, 0.25) is 0 Å². The van der Waals surface area contributed by atoms with Crippen LogP contribution in [0.5, 0.6) is 5.75 Å². The van der Waals surface area contributed by atoms with Gasteiger partial charge in [0.1, 0.15) is 17.5 Å². The molecule has 0 radical (unpaired) electrons. The van der Waals surface area contributed by atoms with Crippen LogP contribution in [0.15, 0.2) is 48.5 Å². The number of carbonyl (C=O) groups excluding carboxylic acids is 1. The molecular formula is C21H21ClN4O2. The lowest BCUT2D eigenvalue weighted by Crippen LogP contribution is -2.42. The molecule has 2 aromatic carbocycles. The highest BCUT2D eigenvalue weighted by molar-refractivity contribution is 5.89. The van der Waals surface area contributed by atoms with E-state index in [9.17, 15) is 10.1 Å². The number of aromatic nitrogens is 1. The van der Waals surface area contributed by atoms with E-state index in [0.29, 0.717) is 12.2 Å². The number of nitriles is 1. The molecule has 3 aromatic rings. The molecule has 1 heterocycles. The van der Waals surface area contributed by atoms with E-state index in [0.717, 1.165) is 40.7 Å². The number of methoxy groups -OCH3 is 1. The molecule has 0 spiro atoms. The van der Waals surface area contributed by atoms with Gasteiger partial charge in [0.15, 0.2) is 0 Å². The number of rotatable bonds is 5. The van der Waals surface area contributed by atoms with Crippen LogP contribution in [0, 0.1) is 11.3 Å². The summed E-state index contributed by atoms with van der Waals surface area (Å²) in [6, 6.07) is 17.6. The number of fused-ring (bicyclic) bond motifs is 1. The summed E-state index contributed by atoms with van der Waals surface area (Å²) in [5.74, 6) is 0.660. The first-order chi connectivity index (χ1) is 13.0. The molecule has 0 atom stereocenters. The van der Waals surface area contributed by atoms with E-state index in [1.54, 1.807) is 7.11 Å². The van der Waals surface area contributed by atoms with Crippen molar-refractivity contribution < 1.29 is 9.53 Å². The molecule has 28 heavy (non-hydrogen) atoms. The lowest BCUT2D eigenvalue weighted by Gasteiger charge is -2.11. The van der Waals surface area contributed by atoms with Crippen molar-refractivity contribution in [2.75, 3.05) is 7.11 Å². The van der Waals surface area contributed by atoms with Crippen LogP contribution in [0.1, 0.15) is 24.1 Å². The van der Waals surface area contributed by atoms with Gasteiger partial charge in [0.25, 0.3) is 0 Å². The number of hydrogen-bond acceptors (Lipinski definition) is 4. The summed E-state index contributed by atoms with van der Waals surface area (Å²) < 4.78 is 7.18. The lowest BCUT2D eigenvalue weighted by molar-refractivity contribution is -0.123. The summed E-state index contributed by atoms with van der Waals surface area (Å²) in [7, 11) is 1.62. The Balaban J connectivity index is 0.00000225. The molecule has 144 valence electrons. The Morgan fingerprint density at radius 2 is 1.96 bits per heavy atom. The van der Waals surface area contributed by atoms with Gasteiger partial charge in [0.05, 0.1) is 18.2 Å². The Kier molecular flexibility index (Phi) is 5.32. The van der Waals surface area contributed by atoms with Gasteiger partial charge in [-0.15, -0.1) is 12.4 Å². The highest BCUT2D eigenvalue weighted by atomic mass is 35.5. The quantitative estimate of drug-likeness (QED) is 0.693. The summed E-state index contributed by atoms with van der Waals surface area (Å²) in [5.41, 5.74) is 8.59. The number of ether oxygens (including phenoxy) is 1. The third-order valence-corrected chi connectivity index (χ3v) is 5.01. The lowest BCUT2D eigenvalue weighted by atomic mass is 10.2. The molecule has 1 saturated carbocycles. The standard InChI is InChI=1S/C21H20N4O2.ClH/c1-27-18-6-7-19-15(11-18)10-17(12-22)25(19)16-4-2-14(3-5-16)13-24-20(26)21(23)8-9-21;/h2-7,10-11H,8-9,13,23H2,1H3,(H,24,26);1H. The van der Waals surface area contributed by atoms with E-state index < -0.39 is 5.54 Å². The fraction of sp³-hybridized carbons (Fsp3) is 0.238. The Morgan fingerprint density at radius 3 is 2.57 bits per heavy atom. The van der Waals surface area contributed by atoms with Crippen molar-refractivity contribution in [3.63, 3.8) is 0 Å². The molecule has 4 rings (SSSR count). The fourth-order valence-corrected chi connectivity index (χ4v) is 3.16. The average Bonchev–Trinajstić information content (AvgIpc) is 3.35. The third kappa shape index (κ3) is 3.55. The summed E-state index contributed by atoms with van der Waals surface area (Å²) >= 11 is 0. The number of benzene rings is 2. The second-order valence-electron chi connectivity index (χ2n) is 6.91. The van der Waals surface area contributed by atoms with Crippen LogP contribution < -0.4 is 15.8 Å². The van der Waals surface area contributed by atoms with Crippen LogP contribution in [-0.4, -0.2) is 23.1 Å². The maximum Gasteiger partial charge on any atom is 0.240 e. The molecule has 7 heteroatoms. The zero-order chi connectivity index (χ0) is 19.0. The summed E-state index contributed by atoms with van der Waals surface area (Å²) in [6.07, 6.45) is 1.50. The van der Waals surface area contributed by atoms with Gasteiger partial charge in [-0.25, -0.2) is 0 Å². The molecule has 0 unspecified atom stereocenters. The minimum atomic E-state index is -0.660. The average molecular weight is 397 g/mol. The second-order valence-corrected chi connectivity index (χ2v) is 6.91. The van der Waals surface area contributed by atoms with Crippen LogP contribution in [0.4, 0.5) is 0 Å². The summed E-state index contributed by atoms with van der Waals surface area (Å²) in [6.45, 7) is 0.437. The van der Waals surface area contributed by atoms with E-state index in [2.05, 4.69) is 11.4 Å². The van der Waals surface area contributed by atoms with E-state index in [1.807, 2.05) is 53.1 Å². The van der Waals surface area contributed by atoms with Gasteiger partial charge in [-0.1, -0.05) is 12.1 Å². The molecule has 1 aliphatic rings. The molecule has 3 N–H and O–H groups in total. The Labute approximate surface area is 169 Å². The van der Waals surface area contributed by atoms with E-state index in [-0.39, 0.29) is 18.3 Å². The van der Waals surface area contributed by atoms with Crippen LogP contribution >= 0.6 is 12.4 Å². The van der Waals surface area contributed by atoms with Crippen LogP contribution in [-0.2, 0) is 11.3 Å². The second kappa shape index (κ2) is 7.55. The number of hydrogen-bond donors (Lipinski definition) is 2.